The third-order valence-corrected chi connectivity index (χ3v) is 5.73. The molecular weight excluding hydrogens is 262 g/mol. The molecule has 1 aromatic rings. The Balaban J connectivity index is 2.12. The first-order valence-electron chi connectivity index (χ1n) is 6.83. The maximum atomic E-state index is 12.3. The molecule has 0 saturated heterocycles. The Labute approximate surface area is 115 Å². The topological polar surface area (TPSA) is 88.0 Å². The van der Waals surface area contributed by atoms with E-state index in [9.17, 15) is 8.42 Å². The Bertz CT molecular complexity index is 524. The highest BCUT2D eigenvalue weighted by Crippen LogP contribution is 2.30. The standard InChI is InChI=1S/C13H23N3O2S/c1-9-4-3-5-13(10(9)2)16-19(17,18)12-6-11(7-14)15-8-12/h6,8-10,13,15-16H,3-5,7,14H2,1-2H3. The lowest BCUT2D eigenvalue weighted by atomic mass is 9.78. The summed E-state index contributed by atoms with van der Waals surface area (Å²) >= 11 is 0. The average Bonchev–Trinajstić information content (AvgIpc) is 2.84. The smallest absolute Gasteiger partial charge is 0.242 e. The molecule has 3 unspecified atom stereocenters. The van der Waals surface area contributed by atoms with E-state index in [1.54, 1.807) is 6.07 Å². The summed E-state index contributed by atoms with van der Waals surface area (Å²) in [7, 11) is -3.44. The van der Waals surface area contributed by atoms with E-state index in [4.69, 9.17) is 5.73 Å². The first kappa shape index (κ1) is 14.6. The average molecular weight is 285 g/mol. The van der Waals surface area contributed by atoms with E-state index in [0.717, 1.165) is 18.5 Å². The molecule has 108 valence electrons. The summed E-state index contributed by atoms with van der Waals surface area (Å²) in [5.41, 5.74) is 6.21. The molecule has 0 bridgehead atoms. The molecule has 1 fully saturated rings. The summed E-state index contributed by atoms with van der Waals surface area (Å²) in [5, 5.41) is 0. The lowest BCUT2D eigenvalue weighted by molar-refractivity contribution is 0.227. The molecule has 3 atom stereocenters. The highest BCUT2D eigenvalue weighted by molar-refractivity contribution is 7.89. The van der Waals surface area contributed by atoms with Crippen molar-refractivity contribution in [3.8, 4) is 0 Å². The fourth-order valence-electron chi connectivity index (χ4n) is 2.71. The first-order chi connectivity index (χ1) is 8.94. The van der Waals surface area contributed by atoms with E-state index in [0.29, 0.717) is 18.4 Å². The third kappa shape index (κ3) is 3.19. The number of sulfonamides is 1. The zero-order valence-electron chi connectivity index (χ0n) is 11.5. The molecule has 5 nitrogen and oxygen atoms in total. The van der Waals surface area contributed by atoms with Crippen LogP contribution in [0.25, 0.3) is 0 Å². The van der Waals surface area contributed by atoms with Crippen molar-refractivity contribution in [3.05, 3.63) is 18.0 Å². The minimum absolute atomic E-state index is 0.0324. The Morgan fingerprint density at radius 1 is 1.42 bits per heavy atom. The van der Waals surface area contributed by atoms with Crippen LogP contribution < -0.4 is 10.5 Å². The lowest BCUT2D eigenvalue weighted by Crippen LogP contribution is -2.43. The zero-order valence-corrected chi connectivity index (χ0v) is 12.3. The largest absolute Gasteiger partial charge is 0.363 e. The minimum Gasteiger partial charge on any atom is -0.363 e. The van der Waals surface area contributed by atoms with Crippen LogP contribution in [0.4, 0.5) is 0 Å². The van der Waals surface area contributed by atoms with Crippen molar-refractivity contribution in [1.82, 2.24) is 9.71 Å². The molecule has 1 saturated carbocycles. The molecule has 1 aromatic heterocycles. The quantitative estimate of drug-likeness (QED) is 0.784. The van der Waals surface area contributed by atoms with Crippen LogP contribution in [-0.4, -0.2) is 19.4 Å². The highest BCUT2D eigenvalue weighted by atomic mass is 32.2. The number of hydrogen-bond acceptors (Lipinski definition) is 3. The SMILES string of the molecule is CC1CCCC(NS(=O)(=O)c2c[nH]c(CN)c2)C1C. The van der Waals surface area contributed by atoms with Gasteiger partial charge in [0.15, 0.2) is 0 Å². The summed E-state index contributed by atoms with van der Waals surface area (Å²) in [4.78, 5) is 3.15. The van der Waals surface area contributed by atoms with Crippen molar-refractivity contribution in [1.29, 1.82) is 0 Å². The van der Waals surface area contributed by atoms with Gasteiger partial charge in [-0.2, -0.15) is 0 Å². The third-order valence-electron chi connectivity index (χ3n) is 4.26. The molecule has 2 rings (SSSR count). The number of aromatic amines is 1. The maximum absolute atomic E-state index is 12.3. The molecular formula is C13H23N3O2S. The van der Waals surface area contributed by atoms with Gasteiger partial charge in [0.1, 0.15) is 0 Å². The number of aromatic nitrogens is 1. The second kappa shape index (κ2) is 5.64. The van der Waals surface area contributed by atoms with E-state index < -0.39 is 10.0 Å². The van der Waals surface area contributed by atoms with Crippen molar-refractivity contribution < 1.29 is 8.42 Å². The van der Waals surface area contributed by atoms with Gasteiger partial charge in [0.05, 0.1) is 4.90 Å². The molecule has 1 aliphatic carbocycles. The zero-order chi connectivity index (χ0) is 14.0. The summed E-state index contributed by atoms with van der Waals surface area (Å²) in [5.74, 6) is 0.934. The summed E-state index contributed by atoms with van der Waals surface area (Å²) < 4.78 is 27.5. The summed E-state index contributed by atoms with van der Waals surface area (Å²) in [6, 6.07) is 1.63. The molecule has 0 amide bonds. The van der Waals surface area contributed by atoms with Gasteiger partial charge in [0, 0.05) is 24.5 Å². The number of nitrogens with two attached hydrogens (primary N) is 1. The number of rotatable bonds is 4. The molecule has 4 N–H and O–H groups in total. The van der Waals surface area contributed by atoms with Crippen molar-refractivity contribution in [2.24, 2.45) is 17.6 Å². The molecule has 0 aromatic carbocycles. The first-order valence-corrected chi connectivity index (χ1v) is 8.32. The fourth-order valence-corrected chi connectivity index (χ4v) is 4.09. The predicted octanol–water partition coefficient (Wildman–Crippen LogP) is 1.58. The Morgan fingerprint density at radius 3 is 2.79 bits per heavy atom. The molecule has 0 spiro atoms. The van der Waals surface area contributed by atoms with Crippen LogP contribution >= 0.6 is 0 Å². The Morgan fingerprint density at radius 2 is 2.16 bits per heavy atom. The van der Waals surface area contributed by atoms with Crippen LogP contribution in [0.1, 0.15) is 38.8 Å². The van der Waals surface area contributed by atoms with Crippen LogP contribution in [0.3, 0.4) is 0 Å². The van der Waals surface area contributed by atoms with Crippen LogP contribution in [0.5, 0.6) is 0 Å². The second-order valence-corrected chi connectivity index (χ2v) is 7.27. The monoisotopic (exact) mass is 285 g/mol. The van der Waals surface area contributed by atoms with E-state index in [2.05, 4.69) is 23.6 Å². The van der Waals surface area contributed by atoms with Crippen LogP contribution in [0.2, 0.25) is 0 Å². The molecule has 0 radical (unpaired) electrons. The van der Waals surface area contributed by atoms with E-state index in [-0.39, 0.29) is 10.9 Å². The second-order valence-electron chi connectivity index (χ2n) is 5.56. The van der Waals surface area contributed by atoms with Gasteiger partial charge in [-0.3, -0.25) is 0 Å². The van der Waals surface area contributed by atoms with Gasteiger partial charge < -0.3 is 10.7 Å². The van der Waals surface area contributed by atoms with Gasteiger partial charge in [0.2, 0.25) is 10.0 Å². The van der Waals surface area contributed by atoms with Crippen LogP contribution in [-0.2, 0) is 16.6 Å². The van der Waals surface area contributed by atoms with Crippen LogP contribution in [0.15, 0.2) is 17.2 Å². The fraction of sp³-hybridized carbons (Fsp3) is 0.692. The Hall–Kier alpha value is -0.850. The van der Waals surface area contributed by atoms with E-state index in [1.165, 1.54) is 12.6 Å². The van der Waals surface area contributed by atoms with E-state index >= 15 is 0 Å². The van der Waals surface area contributed by atoms with Gasteiger partial charge in [0.25, 0.3) is 0 Å². The van der Waals surface area contributed by atoms with Gasteiger partial charge >= 0.3 is 0 Å². The lowest BCUT2D eigenvalue weighted by Gasteiger charge is -2.34. The molecule has 6 heteroatoms. The Kier molecular flexibility index (Phi) is 4.32. The number of hydrogen-bond donors (Lipinski definition) is 3. The van der Waals surface area contributed by atoms with E-state index in [1.807, 2.05) is 0 Å². The van der Waals surface area contributed by atoms with Gasteiger partial charge in [-0.15, -0.1) is 0 Å². The molecule has 1 aliphatic rings. The van der Waals surface area contributed by atoms with Gasteiger partial charge in [-0.25, -0.2) is 13.1 Å². The van der Waals surface area contributed by atoms with Crippen molar-refractivity contribution >= 4 is 10.0 Å². The van der Waals surface area contributed by atoms with Crippen LogP contribution in [0, 0.1) is 11.8 Å². The molecule has 0 aliphatic heterocycles. The highest BCUT2D eigenvalue weighted by Gasteiger charge is 2.30. The van der Waals surface area contributed by atoms with Gasteiger partial charge in [-0.1, -0.05) is 26.7 Å². The van der Waals surface area contributed by atoms with Crippen molar-refractivity contribution in [2.45, 2.75) is 50.6 Å². The normalized spacial score (nSPS) is 28.5. The van der Waals surface area contributed by atoms with Crippen molar-refractivity contribution in [3.63, 3.8) is 0 Å². The number of nitrogens with one attached hydrogen (secondary N) is 2. The molecule has 19 heavy (non-hydrogen) atoms. The maximum Gasteiger partial charge on any atom is 0.242 e. The predicted molar refractivity (Wildman–Crippen MR) is 75.0 cm³/mol. The summed E-state index contributed by atoms with van der Waals surface area (Å²) in [6.45, 7) is 4.62. The van der Waals surface area contributed by atoms with Crippen molar-refractivity contribution in [2.75, 3.05) is 0 Å². The summed E-state index contributed by atoms with van der Waals surface area (Å²) in [6.07, 6.45) is 4.68. The molecule has 1 heterocycles. The van der Waals surface area contributed by atoms with Gasteiger partial charge in [-0.05, 0) is 24.3 Å². The number of H-pyrrole nitrogens is 1. The minimum atomic E-state index is -3.44.